The van der Waals surface area contributed by atoms with Crippen molar-refractivity contribution < 1.29 is 19.3 Å². The Morgan fingerprint density at radius 3 is 2.79 bits per heavy atom. The fraction of sp³-hybridized carbons (Fsp3) is 0.429. The minimum Gasteiger partial charge on any atom is -0.505 e. The number of nitrogens with zero attached hydrogens (tertiary/aromatic N) is 4. The van der Waals surface area contributed by atoms with Gasteiger partial charge in [0.1, 0.15) is 5.82 Å². The number of aryl methyl sites for hydroxylation is 1. The highest BCUT2D eigenvalue weighted by molar-refractivity contribution is 5.85. The van der Waals surface area contributed by atoms with E-state index in [4.69, 9.17) is 4.74 Å². The Morgan fingerprint density at radius 2 is 2.07 bits per heavy atom. The Labute approximate surface area is 167 Å². The first-order chi connectivity index (χ1) is 13.9. The van der Waals surface area contributed by atoms with Gasteiger partial charge in [0, 0.05) is 23.6 Å². The van der Waals surface area contributed by atoms with Gasteiger partial charge < -0.3 is 19.8 Å². The van der Waals surface area contributed by atoms with E-state index in [2.05, 4.69) is 15.0 Å². The quantitative estimate of drug-likeness (QED) is 0.706. The number of rotatable bonds is 3. The van der Waals surface area contributed by atoms with E-state index in [0.717, 1.165) is 48.4 Å². The van der Waals surface area contributed by atoms with Gasteiger partial charge in [0.25, 0.3) is 0 Å². The first-order valence-corrected chi connectivity index (χ1v) is 9.81. The molecule has 2 fully saturated rings. The number of hydrogen-bond donors (Lipinski definition) is 2. The third-order valence-corrected chi connectivity index (χ3v) is 6.00. The molecule has 5 rings (SSSR count). The van der Waals surface area contributed by atoms with E-state index < -0.39 is 17.7 Å². The maximum Gasteiger partial charge on any atom is 0.170 e. The Hall–Kier alpha value is -2.71. The highest BCUT2D eigenvalue weighted by atomic mass is 19.1. The normalized spacial score (nSPS) is 19.1. The Balaban J connectivity index is 1.61. The van der Waals surface area contributed by atoms with E-state index in [9.17, 15) is 14.6 Å². The Kier molecular flexibility index (Phi) is 4.04. The lowest BCUT2D eigenvalue weighted by atomic mass is 10.1. The van der Waals surface area contributed by atoms with Crippen LogP contribution in [0.4, 0.5) is 10.2 Å². The second-order valence-corrected chi connectivity index (χ2v) is 8.03. The van der Waals surface area contributed by atoms with Crippen molar-refractivity contribution in [1.29, 1.82) is 0 Å². The van der Waals surface area contributed by atoms with E-state index >= 15 is 0 Å². The third kappa shape index (κ3) is 2.86. The summed E-state index contributed by atoms with van der Waals surface area (Å²) in [4.78, 5) is 7.02. The zero-order chi connectivity index (χ0) is 20.3. The van der Waals surface area contributed by atoms with Crippen molar-refractivity contribution in [3.05, 3.63) is 41.5 Å². The van der Waals surface area contributed by atoms with E-state index in [1.54, 1.807) is 10.9 Å². The summed E-state index contributed by atoms with van der Waals surface area (Å²) in [5, 5.41) is 25.4. The van der Waals surface area contributed by atoms with Crippen LogP contribution in [0.2, 0.25) is 0 Å². The highest BCUT2D eigenvalue weighted by Crippen LogP contribution is 2.45. The molecule has 1 aliphatic carbocycles. The summed E-state index contributed by atoms with van der Waals surface area (Å²) in [6, 6.07) is 4.85. The van der Waals surface area contributed by atoms with Crippen LogP contribution in [0, 0.1) is 12.7 Å². The van der Waals surface area contributed by atoms with Gasteiger partial charge in [-0.1, -0.05) is 0 Å². The van der Waals surface area contributed by atoms with Crippen LogP contribution in [0.1, 0.15) is 37.1 Å². The Bertz CT molecular complexity index is 1110. The van der Waals surface area contributed by atoms with Crippen molar-refractivity contribution in [3.8, 4) is 11.4 Å². The molecule has 3 heterocycles. The minimum absolute atomic E-state index is 0.0230. The van der Waals surface area contributed by atoms with Crippen LogP contribution in [-0.4, -0.2) is 50.3 Å². The number of aromatic hydroxyl groups is 1. The molecule has 29 heavy (non-hydrogen) atoms. The fourth-order valence-electron chi connectivity index (χ4n) is 4.19. The van der Waals surface area contributed by atoms with Crippen LogP contribution >= 0.6 is 0 Å². The molecule has 2 N–H and O–H groups in total. The van der Waals surface area contributed by atoms with Gasteiger partial charge in [-0.25, -0.2) is 14.1 Å². The number of pyridine rings is 1. The van der Waals surface area contributed by atoms with E-state index in [-0.39, 0.29) is 11.1 Å². The van der Waals surface area contributed by atoms with Crippen LogP contribution in [0.15, 0.2) is 24.4 Å². The first kappa shape index (κ1) is 18.3. The molecule has 1 aliphatic heterocycles. The Morgan fingerprint density at radius 1 is 1.28 bits per heavy atom. The van der Waals surface area contributed by atoms with Gasteiger partial charge in [-0.3, -0.25) is 0 Å². The number of anilines is 1. The number of benzene rings is 1. The minimum atomic E-state index is -1.05. The molecule has 1 saturated heterocycles. The van der Waals surface area contributed by atoms with Gasteiger partial charge in [-0.15, -0.1) is 0 Å². The van der Waals surface area contributed by atoms with Gasteiger partial charge in [0.05, 0.1) is 48.0 Å². The molecule has 1 saturated carbocycles. The second-order valence-electron chi connectivity index (χ2n) is 8.03. The summed E-state index contributed by atoms with van der Waals surface area (Å²) in [5.41, 5.74) is 2.14. The van der Waals surface area contributed by atoms with Crippen LogP contribution in [-0.2, 0) is 4.74 Å². The molecule has 0 amide bonds. The number of aromatic nitrogens is 3. The standard InChI is InChI=1S/C21H23FN4O3/c1-12-15-9-19(25-5-6-29-11-21(25)3-4-21)23-10-17(15)26(24-12)14-7-16(13(2)27)20(22)18(28)8-14/h7-10,13,27-28H,3-6,11H2,1-2H3. The van der Waals surface area contributed by atoms with Crippen LogP contribution in [0.25, 0.3) is 16.6 Å². The molecule has 2 aromatic heterocycles. The SMILES string of the molecule is Cc1nn(-c2cc(O)c(F)c(C(C)O)c2)c2cnc(N3CCOCC34CC4)cc12. The fourth-order valence-corrected chi connectivity index (χ4v) is 4.19. The molecule has 2 aliphatic rings. The third-order valence-electron chi connectivity index (χ3n) is 6.00. The van der Waals surface area contributed by atoms with Crippen molar-refractivity contribution in [3.63, 3.8) is 0 Å². The van der Waals surface area contributed by atoms with Gasteiger partial charge in [0.15, 0.2) is 11.6 Å². The average molecular weight is 398 g/mol. The number of hydrogen-bond acceptors (Lipinski definition) is 6. The number of aliphatic hydroxyl groups is 1. The smallest absolute Gasteiger partial charge is 0.170 e. The maximum atomic E-state index is 14.1. The predicted octanol–water partition coefficient (Wildman–Crippen LogP) is 3.00. The number of morpholine rings is 1. The molecule has 7 nitrogen and oxygen atoms in total. The van der Waals surface area contributed by atoms with Crippen LogP contribution < -0.4 is 4.90 Å². The molecule has 1 unspecified atom stereocenters. The molecule has 0 radical (unpaired) electrons. The molecule has 3 aromatic rings. The zero-order valence-corrected chi connectivity index (χ0v) is 16.4. The number of halogens is 1. The van der Waals surface area contributed by atoms with Gasteiger partial charge in [0.2, 0.25) is 0 Å². The van der Waals surface area contributed by atoms with E-state index in [0.29, 0.717) is 12.3 Å². The van der Waals surface area contributed by atoms with Crippen molar-refractivity contribution >= 4 is 16.7 Å². The lowest BCUT2D eigenvalue weighted by molar-refractivity contribution is 0.0860. The van der Waals surface area contributed by atoms with Crippen molar-refractivity contribution in [2.75, 3.05) is 24.7 Å². The zero-order valence-electron chi connectivity index (χ0n) is 16.4. The lowest BCUT2D eigenvalue weighted by Gasteiger charge is -2.37. The summed E-state index contributed by atoms with van der Waals surface area (Å²) in [5.74, 6) is -0.430. The van der Waals surface area contributed by atoms with E-state index in [1.807, 2.05) is 13.0 Å². The molecular weight excluding hydrogens is 375 g/mol. The van der Waals surface area contributed by atoms with Crippen molar-refractivity contribution in [1.82, 2.24) is 14.8 Å². The lowest BCUT2D eigenvalue weighted by Crippen LogP contribution is -2.48. The molecule has 0 bridgehead atoms. The van der Waals surface area contributed by atoms with Gasteiger partial charge in [-0.2, -0.15) is 5.10 Å². The summed E-state index contributed by atoms with van der Waals surface area (Å²) in [7, 11) is 0. The van der Waals surface area contributed by atoms with Gasteiger partial charge >= 0.3 is 0 Å². The second kappa shape index (κ2) is 6.40. The van der Waals surface area contributed by atoms with Crippen LogP contribution in [0.5, 0.6) is 5.75 Å². The monoisotopic (exact) mass is 398 g/mol. The summed E-state index contributed by atoms with van der Waals surface area (Å²) >= 11 is 0. The highest BCUT2D eigenvalue weighted by Gasteiger charge is 2.50. The first-order valence-electron chi connectivity index (χ1n) is 9.81. The molecule has 1 aromatic carbocycles. The van der Waals surface area contributed by atoms with Crippen molar-refractivity contribution in [2.45, 2.75) is 38.3 Å². The largest absolute Gasteiger partial charge is 0.505 e. The predicted molar refractivity (Wildman–Crippen MR) is 106 cm³/mol. The number of phenolic OH excluding ortho intramolecular Hbond substituents is 1. The summed E-state index contributed by atoms with van der Waals surface area (Å²) in [6.45, 7) is 5.61. The number of fused-ring (bicyclic) bond motifs is 1. The van der Waals surface area contributed by atoms with Gasteiger partial charge in [-0.05, 0) is 38.8 Å². The topological polar surface area (TPSA) is 83.6 Å². The molecular formula is C21H23FN4O3. The summed E-state index contributed by atoms with van der Waals surface area (Å²) in [6.07, 6.45) is 2.94. The molecule has 1 atom stereocenters. The summed E-state index contributed by atoms with van der Waals surface area (Å²) < 4.78 is 21.4. The maximum absolute atomic E-state index is 14.1. The van der Waals surface area contributed by atoms with Crippen molar-refractivity contribution in [2.24, 2.45) is 0 Å². The number of phenols is 1. The average Bonchev–Trinajstić information content (AvgIpc) is 3.39. The van der Waals surface area contributed by atoms with Crippen LogP contribution in [0.3, 0.4) is 0 Å². The number of ether oxygens (including phenoxy) is 1. The number of aliphatic hydroxyl groups excluding tert-OH is 1. The molecule has 8 heteroatoms. The molecule has 1 spiro atoms. The van der Waals surface area contributed by atoms with E-state index in [1.165, 1.54) is 19.1 Å². The molecule has 152 valence electrons.